The molecule has 2 rings (SSSR count). The normalized spacial score (nSPS) is 19.8. The summed E-state index contributed by atoms with van der Waals surface area (Å²) in [5.41, 5.74) is 14.1. The van der Waals surface area contributed by atoms with Crippen molar-refractivity contribution in [1.29, 1.82) is 0 Å². The van der Waals surface area contributed by atoms with E-state index in [2.05, 4.69) is 24.8 Å². The van der Waals surface area contributed by atoms with Crippen molar-refractivity contribution in [2.24, 2.45) is 0 Å². The zero-order chi connectivity index (χ0) is 11.8. The fourth-order valence-corrected chi connectivity index (χ4v) is 3.11. The van der Waals surface area contributed by atoms with Crippen LogP contribution >= 0.6 is 11.8 Å². The number of thioether (sulfide) groups is 1. The predicted octanol–water partition coefficient (Wildman–Crippen LogP) is 2.18. The fraction of sp³-hybridized carbons (Fsp3) is 0.500. The molecule has 4 heteroatoms. The molecular formula is C12H19N3S. The molecule has 3 nitrogen and oxygen atoms in total. The lowest BCUT2D eigenvalue weighted by atomic mass is 10.1. The topological polar surface area (TPSA) is 55.3 Å². The Kier molecular flexibility index (Phi) is 2.93. The van der Waals surface area contributed by atoms with E-state index in [4.69, 9.17) is 11.5 Å². The molecule has 1 fully saturated rings. The van der Waals surface area contributed by atoms with Crippen LogP contribution in [0, 0.1) is 0 Å². The number of hydrogen-bond acceptors (Lipinski definition) is 4. The van der Waals surface area contributed by atoms with Gasteiger partial charge >= 0.3 is 0 Å². The summed E-state index contributed by atoms with van der Waals surface area (Å²) in [5, 5.41) is 0. The van der Waals surface area contributed by atoms with Gasteiger partial charge < -0.3 is 16.4 Å². The molecule has 0 amide bonds. The third-order valence-corrected chi connectivity index (χ3v) is 4.16. The van der Waals surface area contributed by atoms with Gasteiger partial charge in [-0.3, -0.25) is 0 Å². The van der Waals surface area contributed by atoms with Gasteiger partial charge in [0.2, 0.25) is 0 Å². The summed E-state index contributed by atoms with van der Waals surface area (Å²) < 4.78 is 0.314. The van der Waals surface area contributed by atoms with Crippen LogP contribution in [0.2, 0.25) is 0 Å². The van der Waals surface area contributed by atoms with Crippen LogP contribution in [0.5, 0.6) is 0 Å². The summed E-state index contributed by atoms with van der Waals surface area (Å²) in [5.74, 6) is 1.16. The van der Waals surface area contributed by atoms with Gasteiger partial charge in [-0.15, -0.1) is 0 Å². The summed E-state index contributed by atoms with van der Waals surface area (Å²) in [6.07, 6.45) is 0. The Hall–Kier alpha value is -1.03. The molecule has 1 heterocycles. The number of nitrogen functional groups attached to an aromatic ring is 2. The number of nitrogens with zero attached hydrogens (tertiary/aromatic N) is 1. The van der Waals surface area contributed by atoms with Crippen molar-refractivity contribution in [1.82, 2.24) is 0 Å². The largest absolute Gasteiger partial charge is 0.397 e. The lowest BCUT2D eigenvalue weighted by molar-refractivity contribution is 0.648. The predicted molar refractivity (Wildman–Crippen MR) is 74.0 cm³/mol. The first-order chi connectivity index (χ1) is 7.48. The van der Waals surface area contributed by atoms with Gasteiger partial charge in [-0.05, 0) is 32.0 Å². The maximum atomic E-state index is 5.84. The number of nitrogens with two attached hydrogens (primary N) is 2. The smallest absolute Gasteiger partial charge is 0.0568 e. The van der Waals surface area contributed by atoms with E-state index in [1.54, 1.807) is 0 Å². The van der Waals surface area contributed by atoms with Crippen molar-refractivity contribution in [2.75, 3.05) is 35.2 Å². The van der Waals surface area contributed by atoms with Crippen molar-refractivity contribution < 1.29 is 0 Å². The number of anilines is 3. The van der Waals surface area contributed by atoms with Crippen LogP contribution in [0.15, 0.2) is 18.2 Å². The molecule has 1 aliphatic rings. The minimum absolute atomic E-state index is 0.314. The van der Waals surface area contributed by atoms with E-state index in [0.29, 0.717) is 16.1 Å². The highest BCUT2D eigenvalue weighted by atomic mass is 32.2. The second kappa shape index (κ2) is 4.09. The van der Waals surface area contributed by atoms with Crippen molar-refractivity contribution in [3.63, 3.8) is 0 Å². The van der Waals surface area contributed by atoms with E-state index in [-0.39, 0.29) is 0 Å². The van der Waals surface area contributed by atoms with Gasteiger partial charge in [-0.2, -0.15) is 11.8 Å². The van der Waals surface area contributed by atoms with E-state index in [1.165, 1.54) is 5.69 Å². The van der Waals surface area contributed by atoms with Crippen molar-refractivity contribution >= 4 is 28.8 Å². The Morgan fingerprint density at radius 2 is 2.00 bits per heavy atom. The highest BCUT2D eigenvalue weighted by Crippen LogP contribution is 2.33. The SMILES string of the molecule is CC1(C)CN(c2ccc(N)c(N)c2)CCS1. The Morgan fingerprint density at radius 3 is 2.62 bits per heavy atom. The van der Waals surface area contributed by atoms with Gasteiger partial charge in [0.05, 0.1) is 11.4 Å². The molecular weight excluding hydrogens is 218 g/mol. The van der Waals surface area contributed by atoms with E-state index >= 15 is 0 Å². The van der Waals surface area contributed by atoms with Gasteiger partial charge in [-0.25, -0.2) is 0 Å². The Balaban J connectivity index is 2.20. The molecule has 0 saturated carbocycles. The van der Waals surface area contributed by atoms with Crippen molar-refractivity contribution in [3.05, 3.63) is 18.2 Å². The van der Waals surface area contributed by atoms with Gasteiger partial charge in [0.25, 0.3) is 0 Å². The van der Waals surface area contributed by atoms with E-state index in [1.807, 2.05) is 23.9 Å². The van der Waals surface area contributed by atoms with Gasteiger partial charge in [-0.1, -0.05) is 0 Å². The van der Waals surface area contributed by atoms with Gasteiger partial charge in [0, 0.05) is 29.3 Å². The molecule has 1 aliphatic heterocycles. The van der Waals surface area contributed by atoms with E-state index < -0.39 is 0 Å². The second-order valence-corrected chi connectivity index (χ2v) is 6.65. The molecule has 1 aromatic carbocycles. The third kappa shape index (κ3) is 2.38. The zero-order valence-electron chi connectivity index (χ0n) is 9.86. The highest BCUT2D eigenvalue weighted by molar-refractivity contribution is 8.00. The van der Waals surface area contributed by atoms with Crippen LogP contribution < -0.4 is 16.4 Å². The lowest BCUT2D eigenvalue weighted by Crippen LogP contribution is -2.43. The fourth-order valence-electron chi connectivity index (χ4n) is 2.00. The quantitative estimate of drug-likeness (QED) is 0.735. The lowest BCUT2D eigenvalue weighted by Gasteiger charge is -2.39. The van der Waals surface area contributed by atoms with Crippen LogP contribution in [0.25, 0.3) is 0 Å². The zero-order valence-corrected chi connectivity index (χ0v) is 10.7. The van der Waals surface area contributed by atoms with Crippen LogP contribution in [-0.2, 0) is 0 Å². The summed E-state index contributed by atoms with van der Waals surface area (Å²) in [7, 11) is 0. The molecule has 0 radical (unpaired) electrons. The van der Waals surface area contributed by atoms with E-state index in [9.17, 15) is 0 Å². The molecule has 16 heavy (non-hydrogen) atoms. The van der Waals surface area contributed by atoms with Crippen LogP contribution in [0.3, 0.4) is 0 Å². The monoisotopic (exact) mass is 237 g/mol. The summed E-state index contributed by atoms with van der Waals surface area (Å²) >= 11 is 2.03. The summed E-state index contributed by atoms with van der Waals surface area (Å²) in [4.78, 5) is 2.38. The van der Waals surface area contributed by atoms with Gasteiger partial charge in [0.15, 0.2) is 0 Å². The molecule has 0 unspecified atom stereocenters. The first kappa shape index (κ1) is 11.5. The van der Waals surface area contributed by atoms with Crippen LogP contribution in [0.4, 0.5) is 17.1 Å². The number of benzene rings is 1. The standard InChI is InChI=1S/C12H19N3S/c1-12(2)8-15(5-6-16-12)9-3-4-10(13)11(14)7-9/h3-4,7H,5-6,8,13-14H2,1-2H3. The molecule has 4 N–H and O–H groups in total. The Labute approximate surface area is 101 Å². The minimum Gasteiger partial charge on any atom is -0.397 e. The second-order valence-electron chi connectivity index (χ2n) is 4.84. The highest BCUT2D eigenvalue weighted by Gasteiger charge is 2.27. The van der Waals surface area contributed by atoms with Crippen LogP contribution in [0.1, 0.15) is 13.8 Å². The van der Waals surface area contributed by atoms with Crippen molar-refractivity contribution in [3.8, 4) is 0 Å². The molecule has 1 saturated heterocycles. The average molecular weight is 237 g/mol. The molecule has 0 spiro atoms. The average Bonchev–Trinajstić information content (AvgIpc) is 2.20. The third-order valence-electron chi connectivity index (χ3n) is 2.86. The first-order valence-electron chi connectivity index (χ1n) is 5.52. The number of rotatable bonds is 1. The molecule has 0 aliphatic carbocycles. The first-order valence-corrected chi connectivity index (χ1v) is 6.50. The summed E-state index contributed by atoms with van der Waals surface area (Å²) in [6, 6.07) is 5.92. The molecule has 88 valence electrons. The molecule has 0 bridgehead atoms. The Bertz CT molecular complexity index is 390. The van der Waals surface area contributed by atoms with Crippen molar-refractivity contribution in [2.45, 2.75) is 18.6 Å². The van der Waals surface area contributed by atoms with Gasteiger partial charge in [0.1, 0.15) is 0 Å². The van der Waals surface area contributed by atoms with E-state index in [0.717, 1.165) is 18.8 Å². The molecule has 1 aromatic rings. The molecule has 0 atom stereocenters. The summed E-state index contributed by atoms with van der Waals surface area (Å²) in [6.45, 7) is 6.70. The number of hydrogen-bond donors (Lipinski definition) is 2. The maximum Gasteiger partial charge on any atom is 0.0568 e. The van der Waals surface area contributed by atoms with Crippen LogP contribution in [-0.4, -0.2) is 23.6 Å². The minimum atomic E-state index is 0.314. The molecule has 0 aromatic heterocycles. The maximum absolute atomic E-state index is 5.84. The Morgan fingerprint density at radius 1 is 1.25 bits per heavy atom.